The van der Waals surface area contributed by atoms with Gasteiger partial charge in [-0.15, -0.1) is 0 Å². The van der Waals surface area contributed by atoms with E-state index in [1.807, 2.05) is 6.20 Å². The largest absolute Gasteiger partial charge is 0.294 e. The second-order valence-electron chi connectivity index (χ2n) is 4.71. The maximum atomic E-state index is 13.5. The third-order valence-corrected chi connectivity index (χ3v) is 2.87. The Morgan fingerprint density at radius 3 is 2.55 bits per heavy atom. The van der Waals surface area contributed by atoms with Gasteiger partial charge in [0.2, 0.25) is 0 Å². The highest BCUT2D eigenvalue weighted by Gasteiger charge is 2.18. The van der Waals surface area contributed by atoms with Gasteiger partial charge in [-0.05, 0) is 19.2 Å². The molecule has 20 heavy (non-hydrogen) atoms. The molecule has 2 rings (SSSR count). The van der Waals surface area contributed by atoms with Crippen molar-refractivity contribution in [2.24, 2.45) is 7.05 Å². The molecular formula is C14H15F2N3O. The Bertz CT molecular complexity index is 604. The molecule has 0 bridgehead atoms. The van der Waals surface area contributed by atoms with Crippen molar-refractivity contribution < 1.29 is 13.6 Å². The number of aromatic nitrogens is 2. The van der Waals surface area contributed by atoms with Crippen LogP contribution in [-0.2, 0) is 13.6 Å². The molecule has 106 valence electrons. The van der Waals surface area contributed by atoms with E-state index < -0.39 is 23.0 Å². The van der Waals surface area contributed by atoms with E-state index in [2.05, 4.69) is 5.10 Å². The number of Topliss-reactive ketones (excluding diaryl/α,β-unsaturated/α-hetero) is 1. The van der Waals surface area contributed by atoms with E-state index >= 15 is 0 Å². The maximum Gasteiger partial charge on any atom is 0.182 e. The molecule has 1 aromatic carbocycles. The Labute approximate surface area is 115 Å². The average Bonchev–Trinajstić information content (AvgIpc) is 2.74. The summed E-state index contributed by atoms with van der Waals surface area (Å²) in [5, 5.41) is 4.02. The highest BCUT2D eigenvalue weighted by Crippen LogP contribution is 2.13. The third-order valence-electron chi connectivity index (χ3n) is 2.87. The van der Waals surface area contributed by atoms with Gasteiger partial charge in [-0.3, -0.25) is 14.4 Å². The Morgan fingerprint density at radius 1 is 1.35 bits per heavy atom. The molecule has 2 aromatic rings. The first-order valence-electron chi connectivity index (χ1n) is 6.10. The molecule has 0 unspecified atom stereocenters. The van der Waals surface area contributed by atoms with Crippen molar-refractivity contribution in [1.82, 2.24) is 14.7 Å². The van der Waals surface area contributed by atoms with Crippen molar-refractivity contribution >= 4 is 5.78 Å². The zero-order valence-electron chi connectivity index (χ0n) is 11.3. The Kier molecular flexibility index (Phi) is 4.24. The van der Waals surface area contributed by atoms with E-state index in [0.717, 1.165) is 17.7 Å². The van der Waals surface area contributed by atoms with E-state index in [1.165, 1.54) is 6.07 Å². The number of benzene rings is 1. The lowest BCUT2D eigenvalue weighted by atomic mass is 10.1. The van der Waals surface area contributed by atoms with Crippen molar-refractivity contribution in [2.75, 3.05) is 13.6 Å². The SMILES string of the molecule is CN(CC(=O)c1c(F)cccc1F)Cc1cnn(C)c1. The van der Waals surface area contributed by atoms with E-state index in [9.17, 15) is 13.6 Å². The van der Waals surface area contributed by atoms with Gasteiger partial charge in [-0.2, -0.15) is 5.10 Å². The molecule has 0 radical (unpaired) electrons. The second-order valence-corrected chi connectivity index (χ2v) is 4.71. The molecule has 1 heterocycles. The first kappa shape index (κ1) is 14.3. The van der Waals surface area contributed by atoms with Crippen LogP contribution in [0.3, 0.4) is 0 Å². The Hall–Kier alpha value is -2.08. The molecule has 0 aliphatic carbocycles. The summed E-state index contributed by atoms with van der Waals surface area (Å²) in [5.74, 6) is -2.23. The van der Waals surface area contributed by atoms with Crippen LogP contribution in [0.25, 0.3) is 0 Å². The third kappa shape index (κ3) is 3.27. The highest BCUT2D eigenvalue weighted by atomic mass is 19.1. The maximum absolute atomic E-state index is 13.5. The summed E-state index contributed by atoms with van der Waals surface area (Å²) in [6, 6.07) is 3.40. The zero-order chi connectivity index (χ0) is 14.7. The van der Waals surface area contributed by atoms with Gasteiger partial charge in [-0.25, -0.2) is 8.78 Å². The van der Waals surface area contributed by atoms with E-state index in [4.69, 9.17) is 0 Å². The first-order valence-corrected chi connectivity index (χ1v) is 6.10. The number of likely N-dealkylation sites (N-methyl/N-ethyl adjacent to an activating group) is 1. The lowest BCUT2D eigenvalue weighted by Gasteiger charge is -2.15. The number of hydrogen-bond donors (Lipinski definition) is 0. The van der Waals surface area contributed by atoms with E-state index in [-0.39, 0.29) is 6.54 Å². The van der Waals surface area contributed by atoms with Gasteiger partial charge in [0.15, 0.2) is 5.78 Å². The molecule has 0 spiro atoms. The predicted molar refractivity (Wildman–Crippen MR) is 70.2 cm³/mol. The molecule has 1 aromatic heterocycles. The van der Waals surface area contributed by atoms with Crippen LogP contribution in [0.15, 0.2) is 30.6 Å². The van der Waals surface area contributed by atoms with Crippen LogP contribution in [0.2, 0.25) is 0 Å². The molecular weight excluding hydrogens is 264 g/mol. The van der Waals surface area contributed by atoms with Gasteiger partial charge in [0.1, 0.15) is 11.6 Å². The minimum absolute atomic E-state index is 0.0628. The summed E-state index contributed by atoms with van der Waals surface area (Å²) in [5.41, 5.74) is 0.447. The minimum Gasteiger partial charge on any atom is -0.294 e. The standard InChI is InChI=1S/C14H15F2N3O/c1-18(7-10-6-17-19(2)8-10)9-13(20)14-11(15)4-3-5-12(14)16/h3-6,8H,7,9H2,1-2H3. The summed E-state index contributed by atoms with van der Waals surface area (Å²) >= 11 is 0. The Balaban J connectivity index is 2.04. The zero-order valence-corrected chi connectivity index (χ0v) is 11.3. The van der Waals surface area contributed by atoms with E-state index in [1.54, 1.807) is 29.9 Å². The van der Waals surface area contributed by atoms with Crippen LogP contribution in [0.1, 0.15) is 15.9 Å². The molecule has 0 N–H and O–H groups in total. The van der Waals surface area contributed by atoms with Crippen LogP contribution in [0, 0.1) is 11.6 Å². The topological polar surface area (TPSA) is 38.1 Å². The molecule has 0 amide bonds. The lowest BCUT2D eigenvalue weighted by Crippen LogP contribution is -2.26. The summed E-state index contributed by atoms with van der Waals surface area (Å²) in [4.78, 5) is 13.6. The predicted octanol–water partition coefficient (Wildman–Crippen LogP) is 2.01. The van der Waals surface area contributed by atoms with Crippen LogP contribution in [-0.4, -0.2) is 34.1 Å². The average molecular weight is 279 g/mol. The molecule has 0 saturated heterocycles. The summed E-state index contributed by atoms with van der Waals surface area (Å²) in [6.45, 7) is 0.419. The molecule has 0 saturated carbocycles. The van der Waals surface area contributed by atoms with Gasteiger partial charge in [0, 0.05) is 25.4 Å². The smallest absolute Gasteiger partial charge is 0.182 e. The minimum atomic E-state index is -0.829. The summed E-state index contributed by atoms with van der Waals surface area (Å²) < 4.78 is 28.6. The fraction of sp³-hybridized carbons (Fsp3) is 0.286. The van der Waals surface area contributed by atoms with Crippen molar-refractivity contribution in [2.45, 2.75) is 6.54 Å². The second kappa shape index (κ2) is 5.92. The monoisotopic (exact) mass is 279 g/mol. The van der Waals surface area contributed by atoms with Crippen molar-refractivity contribution in [3.05, 3.63) is 53.4 Å². The van der Waals surface area contributed by atoms with Crippen LogP contribution < -0.4 is 0 Å². The van der Waals surface area contributed by atoms with Gasteiger partial charge >= 0.3 is 0 Å². The number of hydrogen-bond acceptors (Lipinski definition) is 3. The fourth-order valence-corrected chi connectivity index (χ4v) is 2.01. The van der Waals surface area contributed by atoms with Gasteiger partial charge < -0.3 is 0 Å². The van der Waals surface area contributed by atoms with Crippen molar-refractivity contribution in [3.8, 4) is 0 Å². The molecule has 0 aliphatic heterocycles. The number of nitrogens with zero attached hydrogens (tertiary/aromatic N) is 3. The van der Waals surface area contributed by atoms with Crippen LogP contribution in [0.5, 0.6) is 0 Å². The lowest BCUT2D eigenvalue weighted by molar-refractivity contribution is 0.0934. The van der Waals surface area contributed by atoms with Gasteiger partial charge in [-0.1, -0.05) is 6.07 Å². The number of aryl methyl sites for hydroxylation is 1. The number of rotatable bonds is 5. The van der Waals surface area contributed by atoms with Gasteiger partial charge in [0.25, 0.3) is 0 Å². The van der Waals surface area contributed by atoms with Crippen molar-refractivity contribution in [3.63, 3.8) is 0 Å². The molecule has 4 nitrogen and oxygen atoms in total. The fourth-order valence-electron chi connectivity index (χ4n) is 2.01. The number of halogens is 2. The highest BCUT2D eigenvalue weighted by molar-refractivity contribution is 5.98. The molecule has 0 fully saturated rings. The first-order chi connectivity index (χ1) is 9.47. The Morgan fingerprint density at radius 2 is 2.00 bits per heavy atom. The molecule has 6 heteroatoms. The molecule has 0 aliphatic rings. The van der Waals surface area contributed by atoms with E-state index in [0.29, 0.717) is 6.54 Å². The molecule has 0 atom stereocenters. The number of ketones is 1. The summed E-state index contributed by atoms with van der Waals surface area (Å²) in [7, 11) is 3.51. The normalized spacial score (nSPS) is 11.1. The van der Waals surface area contributed by atoms with Crippen molar-refractivity contribution in [1.29, 1.82) is 0 Å². The van der Waals surface area contributed by atoms with Gasteiger partial charge in [0.05, 0.1) is 18.3 Å². The number of carbonyl (C=O) groups excluding carboxylic acids is 1. The van der Waals surface area contributed by atoms with Crippen LogP contribution in [0.4, 0.5) is 8.78 Å². The summed E-state index contributed by atoms with van der Waals surface area (Å²) in [6.07, 6.45) is 3.51. The van der Waals surface area contributed by atoms with Crippen LogP contribution >= 0.6 is 0 Å². The number of carbonyl (C=O) groups is 1. The quantitative estimate of drug-likeness (QED) is 0.786.